The number of carbonyl (C=O) groups is 1. The number of benzene rings is 3. The second-order valence-corrected chi connectivity index (χ2v) is 8.89. The molecule has 5 rings (SSSR count). The fourth-order valence-corrected chi connectivity index (χ4v) is 4.53. The zero-order chi connectivity index (χ0) is 27.9. The maximum absolute atomic E-state index is 13.0. The van der Waals surface area contributed by atoms with Gasteiger partial charge in [0, 0.05) is 35.3 Å². The molecule has 202 valence electrons. The fraction of sp³-hybridized carbons (Fsp3) is 0.214. The number of carboxylic acids is 1. The van der Waals surface area contributed by atoms with Crippen LogP contribution in [0.1, 0.15) is 18.2 Å². The Balaban J connectivity index is 0.00000370. The van der Waals surface area contributed by atoms with Crippen molar-refractivity contribution >= 4 is 27.8 Å². The van der Waals surface area contributed by atoms with Crippen molar-refractivity contribution in [3.63, 3.8) is 0 Å². The van der Waals surface area contributed by atoms with Gasteiger partial charge in [-0.3, -0.25) is 0 Å². The van der Waals surface area contributed by atoms with Crippen LogP contribution in [0.2, 0.25) is 0 Å². The first-order valence-electron chi connectivity index (χ1n) is 11.8. The fourth-order valence-electron chi connectivity index (χ4n) is 4.53. The number of hydrogen-bond donors (Lipinski definition) is 0. The van der Waals surface area contributed by atoms with E-state index in [2.05, 4.69) is 9.89 Å². The summed E-state index contributed by atoms with van der Waals surface area (Å²) < 4.78 is 61.3. The van der Waals surface area contributed by atoms with Gasteiger partial charge in [-0.15, -0.1) is 13.2 Å². The molecule has 0 fully saturated rings. The number of methoxy groups -OCH3 is 1. The molecule has 1 atom stereocenters. The number of carboxylic acid groups (broad SMARTS) is 1. The summed E-state index contributed by atoms with van der Waals surface area (Å²) in [6, 6.07) is 16.2. The molecule has 0 aliphatic carbocycles. The quantitative estimate of drug-likeness (QED) is 0.268. The molecule has 8 nitrogen and oxygen atoms in total. The van der Waals surface area contributed by atoms with Crippen LogP contribution in [-0.4, -0.2) is 35.3 Å². The van der Waals surface area contributed by atoms with E-state index in [1.54, 1.807) is 42.5 Å². The molecular weight excluding hydrogens is 540 g/mol. The normalized spacial score (nSPS) is 12.2. The molecule has 40 heavy (non-hydrogen) atoms. The summed E-state index contributed by atoms with van der Waals surface area (Å²) in [6.07, 6.45) is -6.02. The van der Waals surface area contributed by atoms with Crippen molar-refractivity contribution in [2.45, 2.75) is 32.9 Å². The number of carbonyl (C=O) groups excluding carboxylic acids is 1. The Morgan fingerprint density at radius 3 is 2.48 bits per heavy atom. The predicted molar refractivity (Wildman–Crippen MR) is 134 cm³/mol. The third-order valence-corrected chi connectivity index (χ3v) is 6.33. The van der Waals surface area contributed by atoms with E-state index in [0.29, 0.717) is 44.6 Å². The van der Waals surface area contributed by atoms with E-state index in [1.807, 2.05) is 17.6 Å². The topological polar surface area (TPSA) is 98.8 Å². The third kappa shape index (κ3) is 5.91. The van der Waals surface area contributed by atoms with Crippen LogP contribution in [0.25, 0.3) is 33.1 Å². The van der Waals surface area contributed by atoms with E-state index >= 15 is 0 Å². The largest absolute Gasteiger partial charge is 1.00 e. The monoisotopic (exact) mass is 562 g/mol. The van der Waals surface area contributed by atoms with E-state index in [1.165, 1.54) is 26.2 Å². The summed E-state index contributed by atoms with van der Waals surface area (Å²) in [7, 11) is 1.54. The molecule has 0 bridgehead atoms. The van der Waals surface area contributed by atoms with Gasteiger partial charge < -0.3 is 33.2 Å². The maximum atomic E-state index is 13.0. The van der Waals surface area contributed by atoms with Crippen LogP contribution in [0.5, 0.6) is 17.2 Å². The first-order chi connectivity index (χ1) is 18.5. The van der Waals surface area contributed by atoms with Gasteiger partial charge >= 0.3 is 35.9 Å². The second kappa shape index (κ2) is 11.4. The van der Waals surface area contributed by atoms with Crippen molar-refractivity contribution < 1.29 is 71.4 Å². The predicted octanol–water partition coefficient (Wildman–Crippen LogP) is 2.23. The Morgan fingerprint density at radius 2 is 1.77 bits per heavy atom. The number of fused-ring (bicyclic) bond motifs is 2. The van der Waals surface area contributed by atoms with Crippen LogP contribution in [0.15, 0.2) is 65.2 Å². The Morgan fingerprint density at radius 1 is 1.05 bits per heavy atom. The number of alkyl halides is 3. The van der Waals surface area contributed by atoms with E-state index < -0.39 is 18.4 Å². The minimum Gasteiger partial charge on any atom is -0.546 e. The van der Waals surface area contributed by atoms with Gasteiger partial charge in [0.25, 0.3) is 0 Å². The Labute approximate surface area is 248 Å². The Bertz CT molecular complexity index is 1700. The van der Waals surface area contributed by atoms with Gasteiger partial charge in [0.05, 0.1) is 24.0 Å². The van der Waals surface area contributed by atoms with E-state index in [-0.39, 0.29) is 41.9 Å². The SMILES string of the molecule is COc1ccc2c(-c3c(C)n(Cc4cccc(O[C@@H](C)C(=O)[O-])c4)c4cc(OC(F)(F)F)ccc34)noc2c1.[Na+]. The molecule has 0 spiro atoms. The van der Waals surface area contributed by atoms with Crippen LogP contribution >= 0.6 is 0 Å². The number of hydrogen-bond acceptors (Lipinski definition) is 7. The smallest absolute Gasteiger partial charge is 0.546 e. The van der Waals surface area contributed by atoms with Crippen molar-refractivity contribution in [2.75, 3.05) is 7.11 Å². The average Bonchev–Trinajstić information content (AvgIpc) is 3.40. The zero-order valence-electron chi connectivity index (χ0n) is 22.0. The molecule has 0 saturated heterocycles. The Kier molecular flexibility index (Phi) is 8.38. The minimum atomic E-state index is -4.86. The van der Waals surface area contributed by atoms with E-state index in [4.69, 9.17) is 14.0 Å². The summed E-state index contributed by atoms with van der Waals surface area (Å²) in [5.41, 5.74) is 3.62. The number of aliphatic carboxylic acids is 1. The van der Waals surface area contributed by atoms with Crippen LogP contribution in [-0.2, 0) is 11.3 Å². The Hall–Kier alpha value is -3.67. The van der Waals surface area contributed by atoms with Crippen molar-refractivity contribution in [3.8, 4) is 28.5 Å². The van der Waals surface area contributed by atoms with Gasteiger partial charge in [0.15, 0.2) is 5.58 Å². The van der Waals surface area contributed by atoms with Crippen molar-refractivity contribution in [1.29, 1.82) is 0 Å². The van der Waals surface area contributed by atoms with Crippen LogP contribution < -0.4 is 48.9 Å². The zero-order valence-corrected chi connectivity index (χ0v) is 24.0. The van der Waals surface area contributed by atoms with Crippen molar-refractivity contribution in [3.05, 3.63) is 71.9 Å². The van der Waals surface area contributed by atoms with Gasteiger partial charge in [-0.05, 0) is 55.8 Å². The van der Waals surface area contributed by atoms with Crippen LogP contribution in [0.4, 0.5) is 13.2 Å². The first kappa shape index (κ1) is 29.3. The van der Waals surface area contributed by atoms with Crippen molar-refractivity contribution in [2.24, 2.45) is 0 Å². The first-order valence-corrected chi connectivity index (χ1v) is 11.8. The molecule has 0 aliphatic rings. The molecule has 0 unspecified atom stereocenters. The molecule has 2 aromatic heterocycles. The molecular formula is C28H22F3N2NaO6. The molecule has 0 N–H and O–H groups in total. The summed E-state index contributed by atoms with van der Waals surface area (Å²) >= 11 is 0. The molecule has 12 heteroatoms. The van der Waals surface area contributed by atoms with Gasteiger partial charge in [0.1, 0.15) is 29.0 Å². The molecule has 0 radical (unpaired) electrons. The number of nitrogens with zero attached hydrogens (tertiary/aromatic N) is 2. The van der Waals surface area contributed by atoms with E-state index in [9.17, 15) is 23.1 Å². The average molecular weight is 562 g/mol. The third-order valence-electron chi connectivity index (χ3n) is 6.33. The summed E-state index contributed by atoms with van der Waals surface area (Å²) in [6.45, 7) is 3.43. The maximum Gasteiger partial charge on any atom is 1.00 e. The van der Waals surface area contributed by atoms with Crippen LogP contribution in [0.3, 0.4) is 0 Å². The number of halogens is 3. The van der Waals surface area contributed by atoms with E-state index in [0.717, 1.165) is 11.3 Å². The summed E-state index contributed by atoms with van der Waals surface area (Å²) in [5.74, 6) is -0.814. The van der Waals surface area contributed by atoms with Gasteiger partial charge in [-0.1, -0.05) is 17.3 Å². The molecule has 2 heterocycles. The molecule has 0 aliphatic heterocycles. The van der Waals surface area contributed by atoms with Crippen LogP contribution in [0, 0.1) is 6.92 Å². The molecule has 0 saturated carbocycles. The minimum absolute atomic E-state index is 0. The standard InChI is InChI=1S/C28H23F3N2O6.Na/c1-15-25(26-22-10-7-18(36-3)13-24(22)39-32-26)21-9-8-20(38-28(29,30)31)12-23(21)33(15)14-17-5-4-6-19(11-17)37-16(2)27(34)35;/h4-13,16H,14H2,1-3H3,(H,34,35);/q;+1/p-1/t16-;/m0./s1. The summed E-state index contributed by atoms with van der Waals surface area (Å²) in [4.78, 5) is 11.1. The van der Waals surface area contributed by atoms with Gasteiger partial charge in [-0.25, -0.2) is 0 Å². The number of rotatable bonds is 8. The van der Waals surface area contributed by atoms with Gasteiger partial charge in [-0.2, -0.15) is 0 Å². The molecule has 5 aromatic rings. The second-order valence-electron chi connectivity index (χ2n) is 8.89. The summed E-state index contributed by atoms with van der Waals surface area (Å²) in [5, 5.41) is 16.7. The molecule has 3 aromatic carbocycles. The number of aromatic nitrogens is 2. The van der Waals surface area contributed by atoms with Gasteiger partial charge in [0.2, 0.25) is 0 Å². The number of ether oxygens (including phenoxy) is 3. The van der Waals surface area contributed by atoms with Crippen molar-refractivity contribution in [1.82, 2.24) is 9.72 Å². The molecule has 0 amide bonds.